The van der Waals surface area contributed by atoms with Gasteiger partial charge in [-0.25, -0.2) is 9.78 Å². The SMILES string of the molecule is CC(=O)N1CCCN(c2ccc(/C=C/C(=O)O)cn2)CC1. The van der Waals surface area contributed by atoms with Crippen molar-refractivity contribution in [3.05, 3.63) is 30.0 Å². The van der Waals surface area contributed by atoms with E-state index in [1.165, 1.54) is 6.08 Å². The molecule has 6 nitrogen and oxygen atoms in total. The highest BCUT2D eigenvalue weighted by Gasteiger charge is 2.17. The number of carboxylic acids is 1. The Morgan fingerprint density at radius 3 is 2.67 bits per heavy atom. The zero-order valence-corrected chi connectivity index (χ0v) is 12.0. The minimum Gasteiger partial charge on any atom is -0.478 e. The molecule has 0 atom stereocenters. The second-order valence-corrected chi connectivity index (χ2v) is 4.97. The topological polar surface area (TPSA) is 73.7 Å². The average molecular weight is 289 g/mol. The second kappa shape index (κ2) is 6.88. The van der Waals surface area contributed by atoms with Gasteiger partial charge in [-0.1, -0.05) is 0 Å². The van der Waals surface area contributed by atoms with Crippen LogP contribution in [0.5, 0.6) is 0 Å². The Balaban J connectivity index is 2.01. The molecule has 1 aliphatic heterocycles. The molecule has 0 bridgehead atoms. The molecule has 0 spiro atoms. The van der Waals surface area contributed by atoms with Crippen molar-refractivity contribution in [2.45, 2.75) is 13.3 Å². The molecule has 1 saturated heterocycles. The van der Waals surface area contributed by atoms with Gasteiger partial charge in [0, 0.05) is 45.4 Å². The van der Waals surface area contributed by atoms with Gasteiger partial charge in [0.25, 0.3) is 0 Å². The van der Waals surface area contributed by atoms with Gasteiger partial charge in [-0.05, 0) is 30.2 Å². The van der Waals surface area contributed by atoms with Crippen molar-refractivity contribution >= 4 is 23.8 Å². The van der Waals surface area contributed by atoms with Gasteiger partial charge in [0.15, 0.2) is 0 Å². The van der Waals surface area contributed by atoms with Gasteiger partial charge >= 0.3 is 5.97 Å². The number of amides is 1. The normalized spacial score (nSPS) is 16.0. The van der Waals surface area contributed by atoms with Crippen LogP contribution in [0.2, 0.25) is 0 Å². The molecule has 2 rings (SSSR count). The molecule has 1 fully saturated rings. The summed E-state index contributed by atoms with van der Waals surface area (Å²) in [5, 5.41) is 8.59. The predicted octanol–water partition coefficient (Wildman–Crippen LogP) is 1.24. The Hall–Kier alpha value is -2.37. The molecule has 0 unspecified atom stereocenters. The van der Waals surface area contributed by atoms with Crippen LogP contribution in [0.4, 0.5) is 5.82 Å². The lowest BCUT2D eigenvalue weighted by Crippen LogP contribution is -2.33. The van der Waals surface area contributed by atoms with Gasteiger partial charge in [0.1, 0.15) is 5.82 Å². The molecule has 21 heavy (non-hydrogen) atoms. The highest BCUT2D eigenvalue weighted by molar-refractivity contribution is 5.85. The van der Waals surface area contributed by atoms with Crippen LogP contribution in [0.1, 0.15) is 18.9 Å². The maximum Gasteiger partial charge on any atom is 0.328 e. The maximum atomic E-state index is 11.4. The Morgan fingerprint density at radius 2 is 2.05 bits per heavy atom. The zero-order valence-electron chi connectivity index (χ0n) is 12.0. The van der Waals surface area contributed by atoms with Gasteiger partial charge < -0.3 is 14.9 Å². The number of hydrogen-bond acceptors (Lipinski definition) is 4. The lowest BCUT2D eigenvalue weighted by Gasteiger charge is -2.22. The first-order valence-corrected chi connectivity index (χ1v) is 6.94. The van der Waals surface area contributed by atoms with E-state index in [-0.39, 0.29) is 5.91 Å². The summed E-state index contributed by atoms with van der Waals surface area (Å²) in [5.74, 6) is -0.0113. The molecular weight excluding hydrogens is 270 g/mol. The number of carbonyl (C=O) groups excluding carboxylic acids is 1. The molecule has 1 N–H and O–H groups in total. The van der Waals surface area contributed by atoms with Crippen molar-refractivity contribution in [3.8, 4) is 0 Å². The monoisotopic (exact) mass is 289 g/mol. The largest absolute Gasteiger partial charge is 0.478 e. The third-order valence-corrected chi connectivity index (χ3v) is 3.45. The fourth-order valence-electron chi connectivity index (χ4n) is 2.31. The molecule has 0 aromatic carbocycles. The molecule has 1 aliphatic rings. The van der Waals surface area contributed by atoms with Crippen molar-refractivity contribution in [3.63, 3.8) is 0 Å². The summed E-state index contributed by atoms with van der Waals surface area (Å²) in [7, 11) is 0. The molecule has 1 aromatic rings. The summed E-state index contributed by atoms with van der Waals surface area (Å²) < 4.78 is 0. The number of hydrogen-bond donors (Lipinski definition) is 1. The Bertz CT molecular complexity index is 540. The number of carbonyl (C=O) groups is 2. The third-order valence-electron chi connectivity index (χ3n) is 3.45. The molecule has 1 aromatic heterocycles. The van der Waals surface area contributed by atoms with E-state index in [9.17, 15) is 9.59 Å². The first kappa shape index (κ1) is 15.0. The fraction of sp³-hybridized carbons (Fsp3) is 0.400. The summed E-state index contributed by atoms with van der Waals surface area (Å²) in [6.45, 7) is 4.71. The molecule has 1 amide bonds. The van der Waals surface area contributed by atoms with Crippen LogP contribution >= 0.6 is 0 Å². The second-order valence-electron chi connectivity index (χ2n) is 4.97. The molecular formula is C15H19N3O3. The Kier molecular flexibility index (Phi) is 4.92. The molecule has 0 aliphatic carbocycles. The molecule has 0 radical (unpaired) electrons. The lowest BCUT2D eigenvalue weighted by atomic mass is 10.2. The number of aromatic nitrogens is 1. The predicted molar refractivity (Wildman–Crippen MR) is 80.0 cm³/mol. The van der Waals surface area contributed by atoms with E-state index in [4.69, 9.17) is 5.11 Å². The molecule has 0 saturated carbocycles. The lowest BCUT2D eigenvalue weighted by molar-refractivity contribution is -0.131. The van der Waals surface area contributed by atoms with Crippen LogP contribution < -0.4 is 4.90 Å². The smallest absolute Gasteiger partial charge is 0.328 e. The quantitative estimate of drug-likeness (QED) is 0.847. The minimum atomic E-state index is -0.976. The molecule has 6 heteroatoms. The van der Waals surface area contributed by atoms with E-state index in [0.29, 0.717) is 6.54 Å². The first-order valence-electron chi connectivity index (χ1n) is 6.94. The molecule has 112 valence electrons. The van der Waals surface area contributed by atoms with Crippen LogP contribution in [-0.4, -0.2) is 53.0 Å². The summed E-state index contributed by atoms with van der Waals surface area (Å²) in [4.78, 5) is 30.2. The number of carboxylic acid groups (broad SMARTS) is 1. The molecule has 2 heterocycles. The first-order chi connectivity index (χ1) is 10.1. The number of pyridine rings is 1. The van der Waals surface area contributed by atoms with Crippen molar-refractivity contribution in [2.24, 2.45) is 0 Å². The van der Waals surface area contributed by atoms with Crippen molar-refractivity contribution in [1.82, 2.24) is 9.88 Å². The van der Waals surface area contributed by atoms with Crippen molar-refractivity contribution in [2.75, 3.05) is 31.1 Å². The van der Waals surface area contributed by atoms with Crippen LogP contribution in [0.15, 0.2) is 24.4 Å². The number of rotatable bonds is 3. The van der Waals surface area contributed by atoms with Crippen LogP contribution in [0.25, 0.3) is 6.08 Å². The van der Waals surface area contributed by atoms with Gasteiger partial charge in [-0.15, -0.1) is 0 Å². The van der Waals surface area contributed by atoms with Crippen LogP contribution in [-0.2, 0) is 9.59 Å². The summed E-state index contributed by atoms with van der Waals surface area (Å²) in [6, 6.07) is 3.72. The Labute approximate surface area is 123 Å². The summed E-state index contributed by atoms with van der Waals surface area (Å²) in [6.07, 6.45) is 5.18. The highest BCUT2D eigenvalue weighted by atomic mass is 16.4. The van der Waals surface area contributed by atoms with Gasteiger partial charge in [-0.3, -0.25) is 4.79 Å². The maximum absolute atomic E-state index is 11.4. The van der Waals surface area contributed by atoms with E-state index in [1.807, 2.05) is 17.0 Å². The van der Waals surface area contributed by atoms with Gasteiger partial charge in [-0.2, -0.15) is 0 Å². The van der Waals surface area contributed by atoms with E-state index < -0.39 is 5.97 Å². The number of anilines is 1. The zero-order chi connectivity index (χ0) is 15.2. The van der Waals surface area contributed by atoms with Crippen molar-refractivity contribution < 1.29 is 14.7 Å². The summed E-state index contributed by atoms with van der Waals surface area (Å²) >= 11 is 0. The van der Waals surface area contributed by atoms with E-state index in [0.717, 1.165) is 43.5 Å². The van der Waals surface area contributed by atoms with Gasteiger partial charge in [0.05, 0.1) is 0 Å². The van der Waals surface area contributed by atoms with E-state index in [2.05, 4.69) is 9.88 Å². The number of nitrogens with zero attached hydrogens (tertiary/aromatic N) is 3. The average Bonchev–Trinajstić information content (AvgIpc) is 2.71. The van der Waals surface area contributed by atoms with Crippen LogP contribution in [0.3, 0.4) is 0 Å². The minimum absolute atomic E-state index is 0.110. The van der Waals surface area contributed by atoms with Crippen LogP contribution in [0, 0.1) is 0 Å². The van der Waals surface area contributed by atoms with E-state index >= 15 is 0 Å². The standard InChI is InChI=1S/C15H19N3O3/c1-12(19)17-7-2-8-18(10-9-17)14-5-3-13(11-16-14)4-6-15(20)21/h3-6,11H,2,7-10H2,1H3,(H,20,21)/b6-4+. The van der Waals surface area contributed by atoms with Crippen molar-refractivity contribution in [1.29, 1.82) is 0 Å². The van der Waals surface area contributed by atoms with E-state index in [1.54, 1.807) is 13.1 Å². The Morgan fingerprint density at radius 1 is 1.24 bits per heavy atom. The number of aliphatic carboxylic acids is 1. The fourth-order valence-corrected chi connectivity index (χ4v) is 2.31. The summed E-state index contributed by atoms with van der Waals surface area (Å²) in [5.41, 5.74) is 0.751. The highest BCUT2D eigenvalue weighted by Crippen LogP contribution is 2.15. The van der Waals surface area contributed by atoms with Gasteiger partial charge in [0.2, 0.25) is 5.91 Å². The third kappa shape index (κ3) is 4.30.